The largest absolute Gasteiger partial charge is 0.452 e. The van der Waals surface area contributed by atoms with Crippen LogP contribution in [0.2, 0.25) is 0 Å². The number of amides is 1. The number of anilines is 1. The molecule has 0 atom stereocenters. The fraction of sp³-hybridized carbons (Fsp3) is 0.212. The number of nitro benzene ring substituents is 1. The molecule has 9 heteroatoms. The fourth-order valence-corrected chi connectivity index (χ4v) is 5.03. The summed E-state index contributed by atoms with van der Waals surface area (Å²) in [5, 5.41) is 23.4. The Kier molecular flexibility index (Phi) is 7.55. The zero-order valence-corrected chi connectivity index (χ0v) is 23.4. The van der Waals surface area contributed by atoms with E-state index in [2.05, 4.69) is 56.4 Å². The summed E-state index contributed by atoms with van der Waals surface area (Å²) in [4.78, 5) is 41.3. The van der Waals surface area contributed by atoms with Crippen molar-refractivity contribution in [3.05, 3.63) is 110 Å². The standard InChI is InChI=1S/C33H28N4O5/c1-33(2,3)23-11-8-20(9-12-23)16-21-10-14-26-30(25-6-4-5-7-28(25)36-31(21)26)32(39)42-19-29(38)35-27-15-13-24(37(40)41)17-22(27)18-34/h4-9,11-13,15-17H,10,14,19H2,1-3H3,(H,35,38). The molecule has 42 heavy (non-hydrogen) atoms. The summed E-state index contributed by atoms with van der Waals surface area (Å²) in [5.74, 6) is -1.33. The molecule has 0 unspecified atom stereocenters. The Morgan fingerprint density at radius 3 is 2.52 bits per heavy atom. The number of non-ortho nitro benzene ring substituents is 1. The van der Waals surface area contributed by atoms with Gasteiger partial charge >= 0.3 is 5.97 Å². The predicted octanol–water partition coefficient (Wildman–Crippen LogP) is 6.59. The number of rotatable bonds is 6. The van der Waals surface area contributed by atoms with Gasteiger partial charge in [0, 0.05) is 17.5 Å². The number of hydrogen-bond donors (Lipinski definition) is 1. The first-order valence-electron chi connectivity index (χ1n) is 13.4. The van der Waals surface area contributed by atoms with Crippen molar-refractivity contribution >= 4 is 45.8 Å². The van der Waals surface area contributed by atoms with Crippen LogP contribution >= 0.6 is 0 Å². The first kappa shape index (κ1) is 28.2. The molecule has 1 aliphatic rings. The third-order valence-corrected chi connectivity index (χ3v) is 7.21. The van der Waals surface area contributed by atoms with Gasteiger partial charge in [-0.15, -0.1) is 0 Å². The number of aromatic nitrogens is 1. The molecule has 5 rings (SSSR count). The average molecular weight is 561 g/mol. The van der Waals surface area contributed by atoms with E-state index in [1.54, 1.807) is 0 Å². The molecule has 210 valence electrons. The molecule has 0 saturated heterocycles. The molecule has 0 fully saturated rings. The van der Waals surface area contributed by atoms with Gasteiger partial charge in [-0.25, -0.2) is 9.78 Å². The number of allylic oxidation sites excluding steroid dienone is 1. The van der Waals surface area contributed by atoms with E-state index < -0.39 is 23.4 Å². The van der Waals surface area contributed by atoms with E-state index in [0.717, 1.165) is 28.5 Å². The summed E-state index contributed by atoms with van der Waals surface area (Å²) < 4.78 is 5.44. The number of pyridine rings is 1. The summed E-state index contributed by atoms with van der Waals surface area (Å²) in [5.41, 5.74) is 5.65. The van der Waals surface area contributed by atoms with Crippen LogP contribution < -0.4 is 5.32 Å². The minimum Gasteiger partial charge on any atom is -0.452 e. The molecule has 1 N–H and O–H groups in total. The molecule has 0 saturated carbocycles. The number of carbonyl (C=O) groups is 2. The van der Waals surface area contributed by atoms with Crippen LogP contribution in [-0.2, 0) is 21.4 Å². The van der Waals surface area contributed by atoms with Gasteiger partial charge in [-0.3, -0.25) is 14.9 Å². The van der Waals surface area contributed by atoms with Crippen molar-refractivity contribution in [1.29, 1.82) is 5.26 Å². The van der Waals surface area contributed by atoms with Gasteiger partial charge in [0.1, 0.15) is 6.07 Å². The van der Waals surface area contributed by atoms with Gasteiger partial charge in [-0.2, -0.15) is 5.26 Å². The number of esters is 1. The van der Waals surface area contributed by atoms with Crippen LogP contribution in [0.4, 0.5) is 11.4 Å². The maximum absolute atomic E-state index is 13.4. The van der Waals surface area contributed by atoms with Gasteiger partial charge in [-0.05, 0) is 58.7 Å². The van der Waals surface area contributed by atoms with Gasteiger partial charge in [0.25, 0.3) is 11.6 Å². The number of nitro groups is 1. The van der Waals surface area contributed by atoms with Crippen molar-refractivity contribution < 1.29 is 19.2 Å². The van der Waals surface area contributed by atoms with Crippen molar-refractivity contribution in [2.75, 3.05) is 11.9 Å². The van der Waals surface area contributed by atoms with Gasteiger partial charge < -0.3 is 10.1 Å². The SMILES string of the molecule is CC(C)(C)c1ccc(C=C2CCc3c2nc2ccccc2c3C(=O)OCC(=O)Nc2ccc([N+](=O)[O-])cc2C#N)cc1. The van der Waals surface area contributed by atoms with E-state index in [1.165, 1.54) is 17.7 Å². The first-order chi connectivity index (χ1) is 20.0. The quantitative estimate of drug-likeness (QED) is 0.160. The highest BCUT2D eigenvalue weighted by Gasteiger charge is 2.28. The van der Waals surface area contributed by atoms with E-state index in [-0.39, 0.29) is 22.4 Å². The molecule has 1 heterocycles. The van der Waals surface area contributed by atoms with E-state index >= 15 is 0 Å². The lowest BCUT2D eigenvalue weighted by molar-refractivity contribution is -0.384. The number of ether oxygens (including phenoxy) is 1. The monoisotopic (exact) mass is 560 g/mol. The molecule has 9 nitrogen and oxygen atoms in total. The normalized spacial score (nSPS) is 13.4. The maximum Gasteiger partial charge on any atom is 0.339 e. The van der Waals surface area contributed by atoms with E-state index in [4.69, 9.17) is 9.72 Å². The number of para-hydroxylation sites is 1. The Bertz CT molecular complexity index is 1810. The Hall–Kier alpha value is -5.36. The number of carbonyl (C=O) groups excluding carboxylic acids is 2. The van der Waals surface area contributed by atoms with E-state index in [1.807, 2.05) is 30.3 Å². The number of hydrogen-bond acceptors (Lipinski definition) is 7. The summed E-state index contributed by atoms with van der Waals surface area (Å²) in [6, 6.07) is 21.1. The summed E-state index contributed by atoms with van der Waals surface area (Å²) >= 11 is 0. The Labute approximate surface area is 242 Å². The highest BCUT2D eigenvalue weighted by atomic mass is 16.6. The fourth-order valence-electron chi connectivity index (χ4n) is 5.03. The smallest absolute Gasteiger partial charge is 0.339 e. The van der Waals surface area contributed by atoms with Crippen LogP contribution in [0.3, 0.4) is 0 Å². The summed E-state index contributed by atoms with van der Waals surface area (Å²) in [6.07, 6.45) is 3.40. The molecule has 0 bridgehead atoms. The number of nitrogens with one attached hydrogen (secondary N) is 1. The molecule has 0 spiro atoms. The molecule has 0 aliphatic heterocycles. The van der Waals surface area contributed by atoms with Crippen LogP contribution in [0.15, 0.2) is 66.7 Å². The molecule has 1 amide bonds. The first-order valence-corrected chi connectivity index (χ1v) is 13.4. The van der Waals surface area contributed by atoms with E-state index in [9.17, 15) is 25.0 Å². The average Bonchev–Trinajstić information content (AvgIpc) is 3.36. The molecule has 1 aliphatic carbocycles. The van der Waals surface area contributed by atoms with Crippen molar-refractivity contribution in [3.63, 3.8) is 0 Å². The van der Waals surface area contributed by atoms with Gasteiger partial charge in [-0.1, -0.05) is 63.2 Å². The lowest BCUT2D eigenvalue weighted by Crippen LogP contribution is -2.22. The van der Waals surface area contributed by atoms with Gasteiger partial charge in [0.2, 0.25) is 0 Å². The molecule has 4 aromatic rings. The Balaban J connectivity index is 1.39. The zero-order valence-electron chi connectivity index (χ0n) is 23.4. The van der Waals surface area contributed by atoms with Crippen LogP contribution in [0.1, 0.15) is 65.5 Å². The van der Waals surface area contributed by atoms with Crippen LogP contribution in [-0.4, -0.2) is 28.4 Å². The van der Waals surface area contributed by atoms with Crippen LogP contribution in [0, 0.1) is 21.4 Å². The third-order valence-electron chi connectivity index (χ3n) is 7.21. The predicted molar refractivity (Wildman–Crippen MR) is 160 cm³/mol. The minimum atomic E-state index is -0.678. The Morgan fingerprint density at radius 2 is 1.83 bits per heavy atom. The van der Waals surface area contributed by atoms with Crippen molar-refractivity contribution in [2.24, 2.45) is 0 Å². The zero-order chi connectivity index (χ0) is 30.0. The third kappa shape index (κ3) is 5.74. The molecular formula is C33H28N4O5. The van der Waals surface area contributed by atoms with E-state index in [0.29, 0.717) is 29.3 Å². The highest BCUT2D eigenvalue weighted by Crippen LogP contribution is 2.38. The second kappa shape index (κ2) is 11.3. The van der Waals surface area contributed by atoms with Gasteiger partial charge in [0.15, 0.2) is 6.61 Å². The summed E-state index contributed by atoms with van der Waals surface area (Å²) in [7, 11) is 0. The van der Waals surface area contributed by atoms with Crippen molar-refractivity contribution in [1.82, 2.24) is 4.98 Å². The van der Waals surface area contributed by atoms with Crippen LogP contribution in [0.5, 0.6) is 0 Å². The number of benzene rings is 3. The lowest BCUT2D eigenvalue weighted by Gasteiger charge is -2.18. The summed E-state index contributed by atoms with van der Waals surface area (Å²) in [6.45, 7) is 5.92. The molecule has 0 radical (unpaired) electrons. The highest BCUT2D eigenvalue weighted by molar-refractivity contribution is 6.08. The second-order valence-electron chi connectivity index (χ2n) is 11.1. The van der Waals surface area contributed by atoms with Gasteiger partial charge in [0.05, 0.1) is 32.9 Å². The van der Waals surface area contributed by atoms with Crippen LogP contribution in [0.25, 0.3) is 22.6 Å². The topological polar surface area (TPSA) is 135 Å². The Morgan fingerprint density at radius 1 is 1.10 bits per heavy atom. The molecule has 1 aromatic heterocycles. The molecule has 3 aromatic carbocycles. The lowest BCUT2D eigenvalue weighted by atomic mass is 9.86. The maximum atomic E-state index is 13.4. The number of nitriles is 1. The number of nitrogens with zero attached hydrogens (tertiary/aromatic N) is 3. The number of fused-ring (bicyclic) bond motifs is 2. The minimum absolute atomic E-state index is 0.0537. The second-order valence-corrected chi connectivity index (χ2v) is 11.1. The van der Waals surface area contributed by atoms with Crippen molar-refractivity contribution in [3.8, 4) is 6.07 Å². The molecular weight excluding hydrogens is 532 g/mol. The van der Waals surface area contributed by atoms with Crippen molar-refractivity contribution in [2.45, 2.75) is 39.0 Å².